The minimum absolute atomic E-state index is 0.0757. The van der Waals surface area contributed by atoms with Gasteiger partial charge in [-0.2, -0.15) is 0 Å². The minimum atomic E-state index is -0.780. The van der Waals surface area contributed by atoms with Crippen molar-refractivity contribution in [2.45, 2.75) is 374 Å². The summed E-state index contributed by atoms with van der Waals surface area (Å²) in [5.74, 6) is -0.865. The third-order valence-electron chi connectivity index (χ3n) is 15.5. The standard InChI is InChI=1S/C73H132O6/c1-4-7-10-13-16-19-22-25-28-31-32-33-34-35-36-37-38-39-40-43-45-48-51-54-57-60-63-66-72(75)78-69-70(79-73(76)67-64-61-58-55-52-49-46-42-30-27-24-21-18-15-12-9-6-3)68-77-71(74)65-62-59-56-53-50-47-44-41-29-26-23-20-17-14-11-8-5-2/h22,25-27,29-32,34-35,70H,4-21,23-24,28,33,36-69H2,1-3H3/b25-22-,29-26-,30-27-,32-31-,35-34-. The Labute approximate surface area is 491 Å². The van der Waals surface area contributed by atoms with Crippen LogP contribution in [0.2, 0.25) is 0 Å². The van der Waals surface area contributed by atoms with Crippen LogP contribution in [0, 0.1) is 0 Å². The van der Waals surface area contributed by atoms with Crippen LogP contribution in [0.1, 0.15) is 367 Å². The molecular formula is C73H132O6. The van der Waals surface area contributed by atoms with Gasteiger partial charge in [0, 0.05) is 19.3 Å². The quantitative estimate of drug-likeness (QED) is 0.0261. The van der Waals surface area contributed by atoms with Crippen LogP contribution in [-0.2, 0) is 28.6 Å². The second kappa shape index (κ2) is 67.6. The first-order chi connectivity index (χ1) is 39.0. The van der Waals surface area contributed by atoms with E-state index < -0.39 is 6.10 Å². The highest BCUT2D eigenvalue weighted by Crippen LogP contribution is 2.17. The van der Waals surface area contributed by atoms with E-state index in [0.29, 0.717) is 19.3 Å². The van der Waals surface area contributed by atoms with Gasteiger partial charge in [-0.1, -0.05) is 300 Å². The van der Waals surface area contributed by atoms with Gasteiger partial charge in [0.15, 0.2) is 6.10 Å². The highest BCUT2D eigenvalue weighted by atomic mass is 16.6. The molecule has 0 aliphatic carbocycles. The third kappa shape index (κ3) is 65.8. The predicted octanol–water partition coefficient (Wildman–Crippen LogP) is 23.9. The average Bonchev–Trinajstić information content (AvgIpc) is 3.45. The minimum Gasteiger partial charge on any atom is -0.462 e. The van der Waals surface area contributed by atoms with Gasteiger partial charge in [-0.25, -0.2) is 0 Å². The highest BCUT2D eigenvalue weighted by Gasteiger charge is 2.19. The zero-order valence-corrected chi connectivity index (χ0v) is 52.9. The van der Waals surface area contributed by atoms with E-state index in [1.807, 2.05) is 0 Å². The number of unbranched alkanes of at least 4 members (excludes halogenated alkanes) is 43. The van der Waals surface area contributed by atoms with Crippen LogP contribution in [0.3, 0.4) is 0 Å². The lowest BCUT2D eigenvalue weighted by molar-refractivity contribution is -0.167. The molecule has 0 aromatic carbocycles. The number of carbonyl (C=O) groups is 3. The van der Waals surface area contributed by atoms with Crippen molar-refractivity contribution < 1.29 is 28.6 Å². The Hall–Kier alpha value is -2.89. The first kappa shape index (κ1) is 76.1. The van der Waals surface area contributed by atoms with Gasteiger partial charge in [-0.15, -0.1) is 0 Å². The van der Waals surface area contributed by atoms with E-state index in [1.165, 1.54) is 257 Å². The monoisotopic (exact) mass is 1110 g/mol. The van der Waals surface area contributed by atoms with Crippen molar-refractivity contribution in [1.82, 2.24) is 0 Å². The molecule has 6 nitrogen and oxygen atoms in total. The number of hydrogen-bond acceptors (Lipinski definition) is 6. The Kier molecular flexibility index (Phi) is 65.1. The molecule has 0 fully saturated rings. The first-order valence-corrected chi connectivity index (χ1v) is 34.8. The molecule has 0 saturated carbocycles. The van der Waals surface area contributed by atoms with Crippen molar-refractivity contribution in [3.8, 4) is 0 Å². The van der Waals surface area contributed by atoms with Gasteiger partial charge in [-0.3, -0.25) is 14.4 Å². The second-order valence-electron chi connectivity index (χ2n) is 23.4. The van der Waals surface area contributed by atoms with E-state index in [-0.39, 0.29) is 31.1 Å². The van der Waals surface area contributed by atoms with Gasteiger partial charge in [0.25, 0.3) is 0 Å². The van der Waals surface area contributed by atoms with E-state index in [4.69, 9.17) is 14.2 Å². The van der Waals surface area contributed by atoms with Crippen LogP contribution in [0.15, 0.2) is 60.8 Å². The summed E-state index contributed by atoms with van der Waals surface area (Å²) in [5, 5.41) is 0. The normalized spacial score (nSPS) is 12.4. The van der Waals surface area contributed by atoms with Gasteiger partial charge in [0.1, 0.15) is 13.2 Å². The maximum absolute atomic E-state index is 12.9. The molecule has 79 heavy (non-hydrogen) atoms. The van der Waals surface area contributed by atoms with E-state index in [9.17, 15) is 14.4 Å². The van der Waals surface area contributed by atoms with E-state index in [1.54, 1.807) is 0 Å². The summed E-state index contributed by atoms with van der Waals surface area (Å²) in [5.41, 5.74) is 0. The largest absolute Gasteiger partial charge is 0.462 e. The summed E-state index contributed by atoms with van der Waals surface area (Å²) in [7, 11) is 0. The molecule has 0 rings (SSSR count). The maximum atomic E-state index is 12.9. The third-order valence-corrected chi connectivity index (χ3v) is 15.5. The van der Waals surface area contributed by atoms with E-state index in [0.717, 1.165) is 70.6 Å². The molecule has 0 heterocycles. The molecule has 1 atom stereocenters. The Morgan fingerprint density at radius 1 is 0.253 bits per heavy atom. The Bertz CT molecular complexity index is 1410. The van der Waals surface area contributed by atoms with Crippen molar-refractivity contribution in [3.05, 3.63) is 60.8 Å². The molecule has 0 amide bonds. The summed E-state index contributed by atoms with van der Waals surface area (Å²) < 4.78 is 17.0. The van der Waals surface area contributed by atoms with Crippen LogP contribution in [-0.4, -0.2) is 37.2 Å². The summed E-state index contributed by atoms with van der Waals surface area (Å²) >= 11 is 0. The molecular weight excluding hydrogens is 973 g/mol. The number of carbonyl (C=O) groups excluding carboxylic acids is 3. The number of esters is 3. The smallest absolute Gasteiger partial charge is 0.306 e. The van der Waals surface area contributed by atoms with Crippen LogP contribution in [0.25, 0.3) is 0 Å². The lowest BCUT2D eigenvalue weighted by Crippen LogP contribution is -2.30. The highest BCUT2D eigenvalue weighted by molar-refractivity contribution is 5.71. The molecule has 0 aromatic heterocycles. The number of hydrogen-bond donors (Lipinski definition) is 0. The van der Waals surface area contributed by atoms with E-state index in [2.05, 4.69) is 81.5 Å². The predicted molar refractivity (Wildman–Crippen MR) is 344 cm³/mol. The van der Waals surface area contributed by atoms with Crippen LogP contribution in [0.5, 0.6) is 0 Å². The van der Waals surface area contributed by atoms with Gasteiger partial charge >= 0.3 is 17.9 Å². The molecule has 460 valence electrons. The van der Waals surface area contributed by atoms with Crippen molar-refractivity contribution in [3.63, 3.8) is 0 Å². The molecule has 6 heteroatoms. The van der Waals surface area contributed by atoms with Gasteiger partial charge in [0.05, 0.1) is 0 Å². The number of rotatable bonds is 64. The zero-order valence-electron chi connectivity index (χ0n) is 52.9. The molecule has 0 aliphatic rings. The molecule has 0 saturated heterocycles. The van der Waals surface area contributed by atoms with Gasteiger partial charge in [0.2, 0.25) is 0 Å². The van der Waals surface area contributed by atoms with Crippen molar-refractivity contribution in [1.29, 1.82) is 0 Å². The molecule has 0 radical (unpaired) electrons. The topological polar surface area (TPSA) is 78.9 Å². The number of allylic oxidation sites excluding steroid dienone is 10. The number of ether oxygens (including phenoxy) is 3. The lowest BCUT2D eigenvalue weighted by atomic mass is 10.0. The molecule has 0 spiro atoms. The second-order valence-corrected chi connectivity index (χ2v) is 23.4. The molecule has 1 unspecified atom stereocenters. The maximum Gasteiger partial charge on any atom is 0.306 e. The molecule has 0 bridgehead atoms. The molecule has 0 N–H and O–H groups in total. The summed E-state index contributed by atoms with van der Waals surface area (Å²) in [6, 6.07) is 0. The Morgan fingerprint density at radius 3 is 0.722 bits per heavy atom. The van der Waals surface area contributed by atoms with Crippen molar-refractivity contribution >= 4 is 17.9 Å². The van der Waals surface area contributed by atoms with Crippen LogP contribution in [0.4, 0.5) is 0 Å². The fourth-order valence-electron chi connectivity index (χ4n) is 10.2. The van der Waals surface area contributed by atoms with E-state index >= 15 is 0 Å². The van der Waals surface area contributed by atoms with Crippen molar-refractivity contribution in [2.24, 2.45) is 0 Å². The van der Waals surface area contributed by atoms with Crippen LogP contribution < -0.4 is 0 Å². The average molecular weight is 1110 g/mol. The van der Waals surface area contributed by atoms with Crippen molar-refractivity contribution in [2.75, 3.05) is 13.2 Å². The first-order valence-electron chi connectivity index (χ1n) is 34.8. The van der Waals surface area contributed by atoms with Gasteiger partial charge < -0.3 is 14.2 Å². The lowest BCUT2D eigenvalue weighted by Gasteiger charge is -2.18. The zero-order chi connectivity index (χ0) is 57.1. The fraction of sp³-hybridized carbons (Fsp3) is 0.822. The Morgan fingerprint density at radius 2 is 0.456 bits per heavy atom. The van der Waals surface area contributed by atoms with Crippen LogP contribution >= 0.6 is 0 Å². The SMILES string of the molecule is CCCCCCC/C=C\C/C=C\C/C=C\CCCCCCCCCCCCCCC(=O)OCC(COC(=O)CCCCCCCCC/C=C\CCCCCCCC)OC(=O)CCCCCCCCC/C=C\CCCCCCCC. The molecule has 0 aromatic rings. The summed E-state index contributed by atoms with van der Waals surface area (Å²) in [4.78, 5) is 38.4. The molecule has 0 aliphatic heterocycles. The summed E-state index contributed by atoms with van der Waals surface area (Å²) in [6.07, 6.45) is 86.6. The van der Waals surface area contributed by atoms with Gasteiger partial charge in [-0.05, 0) is 109 Å². The fourth-order valence-corrected chi connectivity index (χ4v) is 10.2. The Balaban J connectivity index is 4.30. The summed E-state index contributed by atoms with van der Waals surface area (Å²) in [6.45, 7) is 6.67.